The molecule has 0 unspecified atom stereocenters. The van der Waals surface area contributed by atoms with Crippen molar-refractivity contribution in [1.82, 2.24) is 24.9 Å². The third kappa shape index (κ3) is 4.60. The molecule has 0 radical (unpaired) electrons. The first kappa shape index (κ1) is 19.7. The Balaban J connectivity index is 1.51. The highest BCUT2D eigenvalue weighted by molar-refractivity contribution is 7.99. The van der Waals surface area contributed by atoms with Gasteiger partial charge in [0, 0.05) is 23.1 Å². The maximum absolute atomic E-state index is 13.1. The highest BCUT2D eigenvalue weighted by atomic mass is 32.2. The molecule has 146 valence electrons. The van der Waals surface area contributed by atoms with E-state index < -0.39 is 17.5 Å². The van der Waals surface area contributed by atoms with Crippen LogP contribution in [0.5, 0.6) is 0 Å². The number of amides is 2. The van der Waals surface area contributed by atoms with Gasteiger partial charge in [-0.1, -0.05) is 11.8 Å². The van der Waals surface area contributed by atoms with Crippen LogP contribution in [-0.2, 0) is 9.59 Å². The highest BCUT2D eigenvalue weighted by Crippen LogP contribution is 2.18. The zero-order chi connectivity index (χ0) is 20.3. The van der Waals surface area contributed by atoms with Gasteiger partial charge in [-0.25, -0.2) is 13.8 Å². The number of aryl methyl sites for hydroxylation is 2. The molecule has 0 aliphatic carbocycles. The summed E-state index contributed by atoms with van der Waals surface area (Å²) in [5.74, 6) is -2.56. The van der Waals surface area contributed by atoms with Crippen molar-refractivity contribution >= 4 is 35.0 Å². The summed E-state index contributed by atoms with van der Waals surface area (Å²) in [7, 11) is 0. The second-order valence-electron chi connectivity index (χ2n) is 5.90. The first-order valence-corrected chi connectivity index (χ1v) is 9.16. The van der Waals surface area contributed by atoms with E-state index >= 15 is 0 Å². The van der Waals surface area contributed by atoms with E-state index in [0.29, 0.717) is 10.9 Å². The minimum atomic E-state index is -1.07. The number of anilines is 1. The molecule has 0 saturated carbocycles. The van der Waals surface area contributed by atoms with E-state index in [4.69, 9.17) is 0 Å². The molecule has 0 aliphatic heterocycles. The molecule has 28 heavy (non-hydrogen) atoms. The van der Waals surface area contributed by atoms with E-state index in [1.807, 2.05) is 19.9 Å². The fourth-order valence-corrected chi connectivity index (χ4v) is 3.25. The fourth-order valence-electron chi connectivity index (χ4n) is 2.43. The lowest BCUT2D eigenvalue weighted by Crippen LogP contribution is -2.34. The molecule has 1 aromatic carbocycles. The fraction of sp³-hybridized carbons (Fsp3) is 0.235. The summed E-state index contributed by atoms with van der Waals surface area (Å²) < 4.78 is 27.7. The molecule has 3 rings (SSSR count). The van der Waals surface area contributed by atoms with Crippen LogP contribution in [0.2, 0.25) is 0 Å². The first-order valence-electron chi connectivity index (χ1n) is 8.17. The van der Waals surface area contributed by atoms with Crippen LogP contribution < -0.4 is 10.6 Å². The number of carbonyl (C=O) groups excluding carboxylic acids is 2. The van der Waals surface area contributed by atoms with E-state index in [-0.39, 0.29) is 23.9 Å². The lowest BCUT2D eigenvalue weighted by molar-refractivity contribution is -0.122. The molecule has 2 N–H and O–H groups in total. The number of nitrogens with one attached hydrogen (secondary N) is 2. The Kier molecular flexibility index (Phi) is 5.83. The Labute approximate surface area is 162 Å². The first-order chi connectivity index (χ1) is 13.3. The molecule has 11 heteroatoms. The van der Waals surface area contributed by atoms with Crippen molar-refractivity contribution < 1.29 is 18.4 Å². The molecule has 2 aromatic heterocycles. The van der Waals surface area contributed by atoms with Gasteiger partial charge in [-0.05, 0) is 32.0 Å². The van der Waals surface area contributed by atoms with Gasteiger partial charge in [0.2, 0.25) is 11.8 Å². The molecule has 0 fully saturated rings. The van der Waals surface area contributed by atoms with E-state index in [1.54, 1.807) is 4.40 Å². The Morgan fingerprint density at radius 3 is 2.64 bits per heavy atom. The number of fused-ring (bicyclic) bond motifs is 1. The van der Waals surface area contributed by atoms with Gasteiger partial charge in [0.25, 0.3) is 5.78 Å². The second kappa shape index (κ2) is 8.30. The number of carbonyl (C=O) groups is 2. The number of benzene rings is 1. The summed E-state index contributed by atoms with van der Waals surface area (Å²) in [4.78, 5) is 28.1. The van der Waals surface area contributed by atoms with E-state index in [0.717, 1.165) is 35.3 Å². The largest absolute Gasteiger partial charge is 0.346 e. The molecule has 0 aliphatic rings. The summed E-state index contributed by atoms with van der Waals surface area (Å²) in [5, 5.41) is 13.3. The molecule has 3 aromatic rings. The van der Waals surface area contributed by atoms with Crippen molar-refractivity contribution in [2.24, 2.45) is 0 Å². The molecule has 2 heterocycles. The van der Waals surface area contributed by atoms with E-state index in [2.05, 4.69) is 25.8 Å². The van der Waals surface area contributed by atoms with Crippen LogP contribution in [-0.4, -0.2) is 43.7 Å². The molecular formula is C17H16F2N6O2S. The van der Waals surface area contributed by atoms with E-state index in [1.165, 1.54) is 6.07 Å². The van der Waals surface area contributed by atoms with Crippen LogP contribution in [0.4, 0.5) is 14.5 Å². The number of nitrogens with zero attached hydrogens (tertiary/aromatic N) is 4. The molecule has 0 atom stereocenters. The number of halogens is 2. The van der Waals surface area contributed by atoms with Crippen LogP contribution in [0.3, 0.4) is 0 Å². The Morgan fingerprint density at radius 2 is 1.89 bits per heavy atom. The van der Waals surface area contributed by atoms with Crippen molar-refractivity contribution in [2.45, 2.75) is 19.0 Å². The maximum atomic E-state index is 13.1. The topological polar surface area (TPSA) is 101 Å². The molecule has 0 bridgehead atoms. The summed E-state index contributed by atoms with van der Waals surface area (Å²) in [6.07, 6.45) is 0. The van der Waals surface area contributed by atoms with Crippen LogP contribution in [0, 0.1) is 25.5 Å². The molecule has 8 nitrogen and oxygen atoms in total. The van der Waals surface area contributed by atoms with Crippen LogP contribution >= 0.6 is 11.8 Å². The normalized spacial score (nSPS) is 10.9. The minimum Gasteiger partial charge on any atom is -0.346 e. The monoisotopic (exact) mass is 406 g/mol. The van der Waals surface area contributed by atoms with Crippen LogP contribution in [0.15, 0.2) is 29.4 Å². The zero-order valence-corrected chi connectivity index (χ0v) is 15.8. The van der Waals surface area contributed by atoms with Crippen molar-refractivity contribution in [3.63, 3.8) is 0 Å². The lowest BCUT2D eigenvalue weighted by atomic mass is 10.3. The van der Waals surface area contributed by atoms with Crippen molar-refractivity contribution in [3.8, 4) is 0 Å². The van der Waals surface area contributed by atoms with Crippen molar-refractivity contribution in [3.05, 3.63) is 47.3 Å². The third-order valence-electron chi connectivity index (χ3n) is 3.64. The zero-order valence-electron chi connectivity index (χ0n) is 15.0. The van der Waals surface area contributed by atoms with Gasteiger partial charge in [-0.2, -0.15) is 0 Å². The third-order valence-corrected chi connectivity index (χ3v) is 4.57. The van der Waals surface area contributed by atoms with Crippen LogP contribution in [0.25, 0.3) is 5.78 Å². The maximum Gasteiger partial charge on any atom is 0.256 e. The number of aromatic nitrogens is 4. The lowest BCUT2D eigenvalue weighted by Gasteiger charge is -2.07. The van der Waals surface area contributed by atoms with Crippen LogP contribution in [0.1, 0.15) is 11.4 Å². The van der Waals surface area contributed by atoms with Gasteiger partial charge in [0.15, 0.2) is 16.8 Å². The smallest absolute Gasteiger partial charge is 0.256 e. The highest BCUT2D eigenvalue weighted by Gasteiger charge is 2.13. The van der Waals surface area contributed by atoms with Crippen molar-refractivity contribution in [1.29, 1.82) is 0 Å². The molecule has 2 amide bonds. The van der Waals surface area contributed by atoms with Gasteiger partial charge in [-0.3, -0.25) is 14.0 Å². The van der Waals surface area contributed by atoms with Gasteiger partial charge >= 0.3 is 0 Å². The summed E-state index contributed by atoms with van der Waals surface area (Å²) in [6.45, 7) is 3.43. The number of hydrogen-bond donors (Lipinski definition) is 2. The average molecular weight is 406 g/mol. The predicted molar refractivity (Wildman–Crippen MR) is 99.0 cm³/mol. The molecule has 0 spiro atoms. The second-order valence-corrected chi connectivity index (χ2v) is 6.84. The van der Waals surface area contributed by atoms with Gasteiger partial charge in [-0.15, -0.1) is 10.2 Å². The standard InChI is InChI=1S/C17H16F2N6O2S/c1-9-5-10(2)25-16(21-9)23-24-17(25)28-8-15(27)20-7-14(26)22-11-3-4-12(18)13(19)6-11/h3-6H,7-8H2,1-2H3,(H,20,27)(H,22,26). The average Bonchev–Trinajstić information content (AvgIpc) is 3.04. The Hall–Kier alpha value is -3.08. The summed E-state index contributed by atoms with van der Waals surface area (Å²) in [5.41, 5.74) is 1.81. The number of rotatable bonds is 6. The predicted octanol–water partition coefficient (Wildman–Crippen LogP) is 1.87. The summed E-state index contributed by atoms with van der Waals surface area (Å²) >= 11 is 1.16. The van der Waals surface area contributed by atoms with Gasteiger partial charge in [0.1, 0.15) is 0 Å². The summed E-state index contributed by atoms with van der Waals surface area (Å²) in [6, 6.07) is 4.87. The number of hydrogen-bond acceptors (Lipinski definition) is 6. The molecule has 0 saturated heterocycles. The number of thioether (sulfide) groups is 1. The Morgan fingerprint density at radius 1 is 1.11 bits per heavy atom. The van der Waals surface area contributed by atoms with E-state index in [9.17, 15) is 18.4 Å². The SMILES string of the molecule is Cc1cc(C)n2c(SCC(=O)NCC(=O)Nc3ccc(F)c(F)c3)nnc2n1. The van der Waals surface area contributed by atoms with Crippen molar-refractivity contribution in [2.75, 3.05) is 17.6 Å². The Bertz CT molecular complexity index is 1060. The van der Waals surface area contributed by atoms with Gasteiger partial charge in [0.05, 0.1) is 12.3 Å². The van der Waals surface area contributed by atoms with Gasteiger partial charge < -0.3 is 10.6 Å². The quantitative estimate of drug-likeness (QED) is 0.606. The molecular weight excluding hydrogens is 390 g/mol. The minimum absolute atomic E-state index is 0.0204.